The van der Waals surface area contributed by atoms with Crippen molar-refractivity contribution in [2.45, 2.75) is 30.8 Å². The number of amides is 1. The summed E-state index contributed by atoms with van der Waals surface area (Å²) in [6.45, 7) is 0.0788. The Morgan fingerprint density at radius 2 is 1.91 bits per heavy atom. The molecule has 2 aliphatic rings. The number of hydrogen-bond acceptors (Lipinski definition) is 4. The summed E-state index contributed by atoms with van der Waals surface area (Å²) in [6, 6.07) is 0. The maximum absolute atomic E-state index is 12.1. The van der Waals surface area contributed by atoms with Gasteiger partial charge < -0.3 is 25.1 Å². The highest BCUT2D eigenvalue weighted by atomic mass is 127. The molecule has 0 saturated heterocycles. The van der Waals surface area contributed by atoms with E-state index in [0.717, 1.165) is 34.9 Å². The van der Waals surface area contributed by atoms with Crippen LogP contribution in [0.2, 0.25) is 0 Å². The number of allylic oxidation sites excluding steroid dienone is 2. The number of aliphatic hydroxyl groups is 1. The summed E-state index contributed by atoms with van der Waals surface area (Å²) in [7, 11) is -5.19. The van der Waals surface area contributed by atoms with Gasteiger partial charge in [-0.15, -0.1) is 0 Å². The summed E-state index contributed by atoms with van der Waals surface area (Å²) in [4.78, 5) is 39.8. The Bertz CT molecular complexity index is 576. The van der Waals surface area contributed by atoms with E-state index in [9.17, 15) is 23.9 Å². The molecule has 0 radical (unpaired) electrons. The lowest BCUT2D eigenvalue weighted by Crippen LogP contribution is -2.35. The van der Waals surface area contributed by atoms with Crippen molar-refractivity contribution in [1.82, 2.24) is 5.32 Å². The first-order valence-corrected chi connectivity index (χ1v) is 13.3. The van der Waals surface area contributed by atoms with E-state index in [2.05, 4.69) is 11.4 Å². The summed E-state index contributed by atoms with van der Waals surface area (Å²) in [5.74, 6) is 0.497. The Balaban J connectivity index is 1.84. The number of rotatable bonds is 7. The van der Waals surface area contributed by atoms with Gasteiger partial charge in [-0.1, -0.05) is 12.2 Å². The molecule has 2 aliphatic carbocycles. The number of fused-ring (bicyclic) bond motifs is 2. The summed E-state index contributed by atoms with van der Waals surface area (Å²) in [5, 5.41) is 5.17. The van der Waals surface area contributed by atoms with Crippen LogP contribution < -0.4 is 5.32 Å². The number of carbonyl (C=O) groups is 1. The van der Waals surface area contributed by atoms with Gasteiger partial charge in [-0.25, -0.2) is 0 Å². The van der Waals surface area contributed by atoms with Gasteiger partial charge >= 0.3 is 7.60 Å². The summed E-state index contributed by atoms with van der Waals surface area (Å²) in [5.41, 5.74) is 0. The second-order valence-electron chi connectivity index (χ2n) is 6.10. The van der Waals surface area contributed by atoms with Crippen LogP contribution in [0.1, 0.15) is 25.7 Å². The van der Waals surface area contributed by atoms with Crippen LogP contribution in [0.25, 0.3) is 0 Å². The molecule has 8 nitrogen and oxygen atoms in total. The molecule has 0 aromatic rings. The molecule has 2 rings (SSSR count). The fraction of sp³-hybridized carbons (Fsp3) is 0.750. The van der Waals surface area contributed by atoms with Crippen molar-refractivity contribution in [2.24, 2.45) is 17.8 Å². The van der Waals surface area contributed by atoms with Gasteiger partial charge in [0.15, 0.2) is 0 Å². The van der Waals surface area contributed by atoms with E-state index in [4.69, 9.17) is 9.79 Å². The average molecular weight is 479 g/mol. The molecular weight excluding hydrogens is 459 g/mol. The van der Waals surface area contributed by atoms with Crippen molar-refractivity contribution < 1.29 is 33.7 Å². The first-order chi connectivity index (χ1) is 10.5. The van der Waals surface area contributed by atoms with Crippen LogP contribution in [-0.2, 0) is 13.9 Å². The number of hydrogen-bond donors (Lipinski definition) is 5. The molecule has 132 valence electrons. The minimum absolute atomic E-state index is 0.0163. The largest absolute Gasteiger partial charge is 0.369 e. The van der Waals surface area contributed by atoms with Crippen molar-refractivity contribution >= 4 is 40.6 Å². The number of nitrogens with one attached hydrogen (secondary N) is 1. The monoisotopic (exact) mass is 479 g/mol. The molecule has 0 aromatic heterocycles. The van der Waals surface area contributed by atoms with E-state index < -0.39 is 24.1 Å². The standard InChI is InChI=1S/C12H20INO7P2/c13-22(17,18)12(16,23(19,20)21)4-1-5-14-11(15)10-7-8-2-3-9(10)6-8/h2-3,8-10,16H,1,4-7H2,(H,14,15)(H,17,18)(H2,19,20,21). The van der Waals surface area contributed by atoms with Gasteiger partial charge in [-0.05, 0) is 37.5 Å². The molecule has 5 unspecified atom stereocenters. The lowest BCUT2D eigenvalue weighted by atomic mass is 9.93. The van der Waals surface area contributed by atoms with Crippen molar-refractivity contribution in [3.63, 3.8) is 0 Å². The van der Waals surface area contributed by atoms with Crippen LogP contribution in [0.4, 0.5) is 0 Å². The molecule has 1 saturated carbocycles. The van der Waals surface area contributed by atoms with Crippen LogP contribution in [-0.4, -0.2) is 37.3 Å². The molecule has 1 amide bonds. The minimum atomic E-state index is -5.19. The third kappa shape index (κ3) is 4.08. The number of halogens is 1. The third-order valence-electron chi connectivity index (χ3n) is 4.51. The Kier molecular flexibility index (Phi) is 5.84. The van der Waals surface area contributed by atoms with E-state index in [1.807, 2.05) is 6.08 Å². The second-order valence-corrected chi connectivity index (χ2v) is 13.9. The van der Waals surface area contributed by atoms with Gasteiger partial charge in [0, 0.05) is 34.5 Å². The average Bonchev–Trinajstić information content (AvgIpc) is 3.02. The Morgan fingerprint density at radius 3 is 2.35 bits per heavy atom. The van der Waals surface area contributed by atoms with E-state index in [1.165, 1.54) is 0 Å². The summed E-state index contributed by atoms with van der Waals surface area (Å²) in [6.07, 6.45) is 5.36. The lowest BCUT2D eigenvalue weighted by Gasteiger charge is -2.29. The Hall–Kier alpha value is 0.240. The van der Waals surface area contributed by atoms with Crippen LogP contribution in [0.15, 0.2) is 12.2 Å². The lowest BCUT2D eigenvalue weighted by molar-refractivity contribution is -0.125. The molecular formula is C12H20INO7P2. The molecule has 0 heterocycles. The zero-order chi connectivity index (χ0) is 17.5. The van der Waals surface area contributed by atoms with Gasteiger partial charge in [0.05, 0.1) is 0 Å². The minimum Gasteiger partial charge on any atom is -0.369 e. The maximum Gasteiger partial charge on any atom is 0.367 e. The first kappa shape index (κ1) is 19.6. The predicted molar refractivity (Wildman–Crippen MR) is 91.9 cm³/mol. The molecule has 0 aliphatic heterocycles. The van der Waals surface area contributed by atoms with Gasteiger partial charge in [0.1, 0.15) is 0 Å². The van der Waals surface area contributed by atoms with Crippen molar-refractivity contribution in [3.8, 4) is 0 Å². The smallest absolute Gasteiger partial charge is 0.367 e. The molecule has 1 fully saturated rings. The number of carbonyl (C=O) groups excluding carboxylic acids is 1. The molecule has 23 heavy (non-hydrogen) atoms. The van der Waals surface area contributed by atoms with Crippen LogP contribution >= 0.6 is 34.6 Å². The van der Waals surface area contributed by atoms with Crippen molar-refractivity contribution in [1.29, 1.82) is 0 Å². The molecule has 0 aromatic carbocycles. The quantitative estimate of drug-likeness (QED) is 0.161. The fourth-order valence-electron chi connectivity index (χ4n) is 3.19. The third-order valence-corrected chi connectivity index (χ3v) is 11.9. The van der Waals surface area contributed by atoms with Crippen LogP contribution in [0.3, 0.4) is 0 Å². The molecule has 2 bridgehead atoms. The van der Waals surface area contributed by atoms with E-state index >= 15 is 0 Å². The Labute approximate surface area is 146 Å². The normalized spacial score (nSPS) is 31.6. The van der Waals surface area contributed by atoms with Crippen LogP contribution in [0.5, 0.6) is 0 Å². The van der Waals surface area contributed by atoms with E-state index in [-0.39, 0.29) is 30.7 Å². The van der Waals surface area contributed by atoms with Gasteiger partial charge in [0.25, 0.3) is 10.1 Å². The zero-order valence-corrected chi connectivity index (χ0v) is 16.2. The maximum atomic E-state index is 12.1. The highest BCUT2D eigenvalue weighted by Gasteiger charge is 2.57. The SMILES string of the molecule is O=C(NCCCC(O)(P(=O)(O)O)P(=O)(O)I)C1CC2C=CC1C2. The van der Waals surface area contributed by atoms with E-state index in [1.54, 1.807) is 0 Å². The predicted octanol–water partition coefficient (Wildman–Crippen LogP) is 1.54. The summed E-state index contributed by atoms with van der Waals surface area (Å²) < 4.78 is 22.9. The fourth-order valence-corrected chi connectivity index (χ4v) is 8.62. The molecule has 5 N–H and O–H groups in total. The first-order valence-electron chi connectivity index (χ1n) is 7.22. The van der Waals surface area contributed by atoms with E-state index in [0.29, 0.717) is 5.92 Å². The van der Waals surface area contributed by atoms with Crippen molar-refractivity contribution in [3.05, 3.63) is 12.2 Å². The van der Waals surface area contributed by atoms with Gasteiger partial charge in [-0.2, -0.15) is 0 Å². The highest BCUT2D eigenvalue weighted by Crippen LogP contribution is 2.75. The molecule has 5 atom stereocenters. The van der Waals surface area contributed by atoms with Gasteiger partial charge in [-0.3, -0.25) is 13.9 Å². The molecule has 0 spiro atoms. The topological polar surface area (TPSA) is 144 Å². The van der Waals surface area contributed by atoms with Crippen molar-refractivity contribution in [2.75, 3.05) is 6.54 Å². The van der Waals surface area contributed by atoms with Gasteiger partial charge in [0.2, 0.25) is 5.91 Å². The Morgan fingerprint density at radius 1 is 1.26 bits per heavy atom. The zero-order valence-electron chi connectivity index (χ0n) is 12.2. The highest BCUT2D eigenvalue weighted by molar-refractivity contribution is 14.2. The second kappa shape index (κ2) is 6.86. The summed E-state index contributed by atoms with van der Waals surface area (Å²) >= 11 is 0.963. The molecule has 11 heteroatoms. The van der Waals surface area contributed by atoms with Crippen LogP contribution in [0, 0.1) is 17.8 Å².